The van der Waals surface area contributed by atoms with Crippen molar-refractivity contribution in [2.24, 2.45) is 5.92 Å². The molecule has 0 aliphatic rings. The highest BCUT2D eigenvalue weighted by Gasteiger charge is 2.05. The maximum absolute atomic E-state index is 10.9. The Hall–Kier alpha value is -2.29. The number of rotatable bonds is 8. The maximum atomic E-state index is 10.9. The SMILES string of the molecule is C=CC(=O)OCCCC(C)COc1ccc2ccccc2c1. The Kier molecular flexibility index (Phi) is 6.01. The molecule has 3 heteroatoms. The summed E-state index contributed by atoms with van der Waals surface area (Å²) in [6.45, 7) is 6.60. The first-order valence-electron chi connectivity index (χ1n) is 7.60. The van der Waals surface area contributed by atoms with E-state index in [-0.39, 0.29) is 5.97 Å². The van der Waals surface area contributed by atoms with Gasteiger partial charge in [-0.05, 0) is 41.7 Å². The Morgan fingerprint density at radius 3 is 2.77 bits per heavy atom. The summed E-state index contributed by atoms with van der Waals surface area (Å²) < 4.78 is 10.8. The van der Waals surface area contributed by atoms with Gasteiger partial charge in [-0.2, -0.15) is 0 Å². The molecule has 0 bridgehead atoms. The van der Waals surface area contributed by atoms with Crippen LogP contribution in [0, 0.1) is 5.92 Å². The second kappa shape index (κ2) is 8.23. The van der Waals surface area contributed by atoms with Crippen molar-refractivity contribution in [3.63, 3.8) is 0 Å². The van der Waals surface area contributed by atoms with Gasteiger partial charge in [-0.25, -0.2) is 4.79 Å². The van der Waals surface area contributed by atoms with Gasteiger partial charge in [0.25, 0.3) is 0 Å². The molecule has 116 valence electrons. The van der Waals surface area contributed by atoms with Crippen LogP contribution in [0.25, 0.3) is 10.8 Å². The zero-order valence-corrected chi connectivity index (χ0v) is 13.0. The monoisotopic (exact) mass is 298 g/mol. The second-order valence-electron chi connectivity index (χ2n) is 5.44. The average molecular weight is 298 g/mol. The number of esters is 1. The summed E-state index contributed by atoms with van der Waals surface area (Å²) in [6.07, 6.45) is 2.98. The van der Waals surface area contributed by atoms with Gasteiger partial charge in [0.15, 0.2) is 0 Å². The number of hydrogen-bond donors (Lipinski definition) is 0. The van der Waals surface area contributed by atoms with Crippen LogP contribution in [0.4, 0.5) is 0 Å². The Balaban J connectivity index is 1.74. The molecular weight excluding hydrogens is 276 g/mol. The summed E-state index contributed by atoms with van der Waals surface area (Å²) in [5, 5.41) is 2.40. The van der Waals surface area contributed by atoms with Crippen molar-refractivity contribution in [2.45, 2.75) is 19.8 Å². The summed E-state index contributed by atoms with van der Waals surface area (Å²) in [4.78, 5) is 10.9. The van der Waals surface area contributed by atoms with Gasteiger partial charge in [0.05, 0.1) is 13.2 Å². The van der Waals surface area contributed by atoms with Gasteiger partial charge in [0.1, 0.15) is 5.75 Å². The molecule has 0 saturated carbocycles. The van der Waals surface area contributed by atoms with Crippen molar-refractivity contribution in [3.05, 3.63) is 55.1 Å². The summed E-state index contributed by atoms with van der Waals surface area (Å²) >= 11 is 0. The van der Waals surface area contributed by atoms with Crippen LogP contribution in [0.1, 0.15) is 19.8 Å². The molecule has 2 aromatic rings. The molecule has 0 amide bonds. The fourth-order valence-corrected chi connectivity index (χ4v) is 2.24. The Morgan fingerprint density at radius 2 is 2.00 bits per heavy atom. The van der Waals surface area contributed by atoms with Crippen LogP contribution in [-0.2, 0) is 9.53 Å². The Bertz CT molecular complexity index is 633. The molecule has 0 heterocycles. The van der Waals surface area contributed by atoms with Crippen molar-refractivity contribution in [2.75, 3.05) is 13.2 Å². The van der Waals surface area contributed by atoms with Crippen LogP contribution < -0.4 is 4.74 Å². The molecule has 0 N–H and O–H groups in total. The third kappa shape index (κ3) is 4.92. The lowest BCUT2D eigenvalue weighted by atomic mass is 10.1. The van der Waals surface area contributed by atoms with Crippen LogP contribution in [0.2, 0.25) is 0 Å². The lowest BCUT2D eigenvalue weighted by molar-refractivity contribution is -0.137. The normalized spacial score (nSPS) is 11.9. The van der Waals surface area contributed by atoms with Gasteiger partial charge in [-0.3, -0.25) is 0 Å². The van der Waals surface area contributed by atoms with Gasteiger partial charge < -0.3 is 9.47 Å². The van der Waals surface area contributed by atoms with E-state index in [1.54, 1.807) is 0 Å². The van der Waals surface area contributed by atoms with E-state index in [2.05, 4.69) is 37.8 Å². The smallest absolute Gasteiger partial charge is 0.330 e. The Labute approximate surface area is 131 Å². The standard InChI is InChI=1S/C19H22O3/c1-3-19(20)21-12-6-7-15(2)14-22-18-11-10-16-8-4-5-9-17(16)13-18/h3-5,8-11,13,15H,1,6-7,12,14H2,2H3. The minimum atomic E-state index is -0.361. The van der Waals surface area contributed by atoms with Gasteiger partial charge in [0, 0.05) is 6.08 Å². The van der Waals surface area contributed by atoms with Gasteiger partial charge in [-0.15, -0.1) is 0 Å². The van der Waals surface area contributed by atoms with Crippen LogP contribution in [-0.4, -0.2) is 19.2 Å². The molecule has 0 radical (unpaired) electrons. The lowest BCUT2D eigenvalue weighted by Gasteiger charge is -2.13. The highest BCUT2D eigenvalue weighted by atomic mass is 16.5. The van der Waals surface area contributed by atoms with Gasteiger partial charge in [-0.1, -0.05) is 43.8 Å². The van der Waals surface area contributed by atoms with E-state index < -0.39 is 0 Å². The van der Waals surface area contributed by atoms with E-state index in [4.69, 9.17) is 9.47 Å². The molecule has 22 heavy (non-hydrogen) atoms. The molecule has 0 saturated heterocycles. The maximum Gasteiger partial charge on any atom is 0.330 e. The molecule has 3 nitrogen and oxygen atoms in total. The van der Waals surface area contributed by atoms with Gasteiger partial charge in [0.2, 0.25) is 0 Å². The zero-order chi connectivity index (χ0) is 15.8. The summed E-state index contributed by atoms with van der Waals surface area (Å²) in [5.41, 5.74) is 0. The summed E-state index contributed by atoms with van der Waals surface area (Å²) in [6, 6.07) is 14.4. The largest absolute Gasteiger partial charge is 0.493 e. The van der Waals surface area contributed by atoms with Crippen LogP contribution >= 0.6 is 0 Å². The lowest BCUT2D eigenvalue weighted by Crippen LogP contribution is -2.10. The van der Waals surface area contributed by atoms with Crippen LogP contribution in [0.3, 0.4) is 0 Å². The number of fused-ring (bicyclic) bond motifs is 1. The molecule has 1 atom stereocenters. The molecule has 0 aliphatic heterocycles. The minimum absolute atomic E-state index is 0.361. The third-order valence-corrected chi connectivity index (χ3v) is 3.51. The van der Waals surface area contributed by atoms with Crippen LogP contribution in [0.5, 0.6) is 5.75 Å². The van der Waals surface area contributed by atoms with E-state index in [9.17, 15) is 4.79 Å². The molecule has 2 aromatic carbocycles. The Morgan fingerprint density at radius 1 is 1.23 bits per heavy atom. The van der Waals surface area contributed by atoms with Crippen molar-refractivity contribution >= 4 is 16.7 Å². The first-order valence-corrected chi connectivity index (χ1v) is 7.60. The van der Waals surface area contributed by atoms with E-state index in [0.29, 0.717) is 19.1 Å². The van der Waals surface area contributed by atoms with Crippen molar-refractivity contribution < 1.29 is 14.3 Å². The minimum Gasteiger partial charge on any atom is -0.493 e. The second-order valence-corrected chi connectivity index (χ2v) is 5.44. The van der Waals surface area contributed by atoms with Crippen molar-refractivity contribution in [1.29, 1.82) is 0 Å². The quantitative estimate of drug-likeness (QED) is 0.412. The van der Waals surface area contributed by atoms with Gasteiger partial charge >= 0.3 is 5.97 Å². The van der Waals surface area contributed by atoms with E-state index >= 15 is 0 Å². The summed E-state index contributed by atoms with van der Waals surface area (Å²) in [5.74, 6) is 0.942. The van der Waals surface area contributed by atoms with Crippen LogP contribution in [0.15, 0.2) is 55.1 Å². The predicted octanol–water partition coefficient (Wildman–Crippen LogP) is 4.36. The molecular formula is C19H22O3. The molecule has 0 aromatic heterocycles. The molecule has 0 spiro atoms. The highest BCUT2D eigenvalue weighted by molar-refractivity contribution is 5.83. The number of hydrogen-bond acceptors (Lipinski definition) is 3. The fourth-order valence-electron chi connectivity index (χ4n) is 2.24. The zero-order valence-electron chi connectivity index (χ0n) is 13.0. The predicted molar refractivity (Wildman–Crippen MR) is 89.0 cm³/mol. The highest BCUT2D eigenvalue weighted by Crippen LogP contribution is 2.21. The molecule has 2 rings (SSSR count). The first kappa shape index (κ1) is 16.1. The van der Waals surface area contributed by atoms with Crippen molar-refractivity contribution in [3.8, 4) is 5.75 Å². The van der Waals surface area contributed by atoms with E-state index in [1.165, 1.54) is 16.8 Å². The van der Waals surface area contributed by atoms with E-state index in [1.807, 2.05) is 18.2 Å². The molecule has 0 fully saturated rings. The van der Waals surface area contributed by atoms with Crippen molar-refractivity contribution in [1.82, 2.24) is 0 Å². The number of benzene rings is 2. The molecule has 1 unspecified atom stereocenters. The first-order chi connectivity index (χ1) is 10.7. The number of carbonyl (C=O) groups excluding carboxylic acids is 1. The fraction of sp³-hybridized carbons (Fsp3) is 0.316. The third-order valence-electron chi connectivity index (χ3n) is 3.51. The molecule has 0 aliphatic carbocycles. The summed E-state index contributed by atoms with van der Waals surface area (Å²) in [7, 11) is 0. The topological polar surface area (TPSA) is 35.5 Å². The van der Waals surface area contributed by atoms with E-state index in [0.717, 1.165) is 18.6 Å². The number of carbonyl (C=O) groups is 1. The average Bonchev–Trinajstić information content (AvgIpc) is 2.56. The number of ether oxygens (including phenoxy) is 2.